The molecule has 0 fully saturated rings. The number of carboxylic acids is 1. The average Bonchev–Trinajstić information content (AvgIpc) is 2.36. The lowest BCUT2D eigenvalue weighted by atomic mass is 9.86. The van der Waals surface area contributed by atoms with Crippen molar-refractivity contribution in [1.82, 2.24) is 4.90 Å². The van der Waals surface area contributed by atoms with E-state index in [1.807, 2.05) is 18.0 Å². The number of hydrogen-bond acceptors (Lipinski definition) is 2. The van der Waals surface area contributed by atoms with Crippen LogP contribution in [0.25, 0.3) is 0 Å². The molecule has 1 aliphatic rings. The summed E-state index contributed by atoms with van der Waals surface area (Å²) in [6.45, 7) is 1.75. The van der Waals surface area contributed by atoms with E-state index < -0.39 is 12.0 Å². The van der Waals surface area contributed by atoms with Crippen molar-refractivity contribution < 1.29 is 9.90 Å². The third-order valence-electron chi connectivity index (χ3n) is 3.80. The molecule has 1 aromatic carbocycles. The molecule has 0 bridgehead atoms. The van der Waals surface area contributed by atoms with E-state index in [-0.39, 0.29) is 6.04 Å². The zero-order valence-electron chi connectivity index (χ0n) is 10.4. The van der Waals surface area contributed by atoms with Gasteiger partial charge < -0.3 is 5.11 Å². The maximum Gasteiger partial charge on any atom is 0.320 e. The second-order valence-corrected chi connectivity index (χ2v) is 4.79. The van der Waals surface area contributed by atoms with Crippen LogP contribution in [0.3, 0.4) is 0 Å². The van der Waals surface area contributed by atoms with Crippen LogP contribution in [0.2, 0.25) is 0 Å². The first-order chi connectivity index (χ1) is 8.11. The van der Waals surface area contributed by atoms with E-state index in [1.165, 1.54) is 11.1 Å². The predicted octanol–water partition coefficient (Wildman–Crippen LogP) is 2.47. The molecule has 1 aromatic rings. The second kappa shape index (κ2) is 4.88. The Morgan fingerprint density at radius 2 is 2.18 bits per heavy atom. The van der Waals surface area contributed by atoms with Gasteiger partial charge >= 0.3 is 5.97 Å². The quantitative estimate of drug-likeness (QED) is 0.872. The van der Waals surface area contributed by atoms with Crippen LogP contribution < -0.4 is 0 Å². The topological polar surface area (TPSA) is 40.5 Å². The molecule has 0 amide bonds. The fraction of sp³-hybridized carbons (Fsp3) is 0.500. The Hall–Kier alpha value is -1.35. The fourth-order valence-corrected chi connectivity index (χ4v) is 2.60. The number of aryl methyl sites for hydroxylation is 1. The van der Waals surface area contributed by atoms with E-state index >= 15 is 0 Å². The van der Waals surface area contributed by atoms with Crippen LogP contribution in [-0.4, -0.2) is 29.1 Å². The minimum absolute atomic E-state index is 0.242. The normalized spacial score (nSPS) is 21.0. The molecule has 1 aliphatic carbocycles. The van der Waals surface area contributed by atoms with E-state index in [1.54, 1.807) is 6.92 Å². The van der Waals surface area contributed by atoms with Crippen molar-refractivity contribution in [1.29, 1.82) is 0 Å². The molecule has 17 heavy (non-hydrogen) atoms. The van der Waals surface area contributed by atoms with Crippen LogP contribution in [0.1, 0.15) is 36.9 Å². The van der Waals surface area contributed by atoms with Gasteiger partial charge in [-0.05, 0) is 44.4 Å². The highest BCUT2D eigenvalue weighted by Crippen LogP contribution is 2.34. The van der Waals surface area contributed by atoms with Gasteiger partial charge in [-0.1, -0.05) is 24.3 Å². The Morgan fingerprint density at radius 1 is 1.47 bits per heavy atom. The van der Waals surface area contributed by atoms with E-state index in [0.717, 1.165) is 19.3 Å². The first-order valence-corrected chi connectivity index (χ1v) is 6.14. The van der Waals surface area contributed by atoms with Gasteiger partial charge in [0.05, 0.1) is 0 Å². The van der Waals surface area contributed by atoms with E-state index in [4.69, 9.17) is 5.11 Å². The number of rotatable bonds is 3. The summed E-state index contributed by atoms with van der Waals surface area (Å²) in [7, 11) is 1.91. The highest BCUT2D eigenvalue weighted by molar-refractivity contribution is 5.72. The zero-order chi connectivity index (χ0) is 12.4. The molecular formula is C14H19NO2. The van der Waals surface area contributed by atoms with Crippen molar-refractivity contribution in [2.45, 2.75) is 38.3 Å². The highest BCUT2D eigenvalue weighted by Gasteiger charge is 2.28. The molecule has 3 nitrogen and oxygen atoms in total. The molecule has 2 rings (SSSR count). The SMILES string of the molecule is CC(C(=O)O)N(C)C1CCCc2ccccc21. The smallest absolute Gasteiger partial charge is 0.320 e. The highest BCUT2D eigenvalue weighted by atomic mass is 16.4. The summed E-state index contributed by atoms with van der Waals surface area (Å²) in [5.74, 6) is -0.754. The summed E-state index contributed by atoms with van der Waals surface area (Å²) < 4.78 is 0. The molecule has 92 valence electrons. The molecule has 2 atom stereocenters. The molecule has 0 radical (unpaired) electrons. The molecule has 2 unspecified atom stereocenters. The molecule has 1 N–H and O–H groups in total. The number of benzene rings is 1. The maximum atomic E-state index is 11.1. The molecule has 0 saturated heterocycles. The number of carboxylic acid groups (broad SMARTS) is 1. The number of nitrogens with zero attached hydrogens (tertiary/aromatic N) is 1. The summed E-state index contributed by atoms with van der Waals surface area (Å²) in [5, 5.41) is 9.09. The van der Waals surface area contributed by atoms with E-state index in [9.17, 15) is 4.79 Å². The Kier molecular flexibility index (Phi) is 3.48. The first kappa shape index (κ1) is 12.1. The van der Waals surface area contributed by atoms with E-state index in [2.05, 4.69) is 18.2 Å². The minimum Gasteiger partial charge on any atom is -0.480 e. The Labute approximate surface area is 102 Å². The lowest BCUT2D eigenvalue weighted by Crippen LogP contribution is -2.39. The summed E-state index contributed by atoms with van der Waals surface area (Å²) in [4.78, 5) is 13.0. The molecule has 0 heterocycles. The minimum atomic E-state index is -0.754. The number of hydrogen-bond donors (Lipinski definition) is 1. The van der Waals surface area contributed by atoms with Gasteiger partial charge in [-0.15, -0.1) is 0 Å². The second-order valence-electron chi connectivity index (χ2n) is 4.79. The van der Waals surface area contributed by atoms with Crippen LogP contribution in [0.4, 0.5) is 0 Å². The van der Waals surface area contributed by atoms with Crippen LogP contribution >= 0.6 is 0 Å². The van der Waals surface area contributed by atoms with Crippen LogP contribution in [-0.2, 0) is 11.2 Å². The number of aliphatic carboxylic acids is 1. The summed E-state index contributed by atoms with van der Waals surface area (Å²) >= 11 is 0. The maximum absolute atomic E-state index is 11.1. The van der Waals surface area contributed by atoms with Crippen molar-refractivity contribution in [2.75, 3.05) is 7.05 Å². The number of fused-ring (bicyclic) bond motifs is 1. The van der Waals surface area contributed by atoms with Gasteiger partial charge in [0, 0.05) is 6.04 Å². The Balaban J connectivity index is 2.26. The summed E-state index contributed by atoms with van der Waals surface area (Å²) in [6.07, 6.45) is 3.30. The van der Waals surface area contributed by atoms with Crippen molar-refractivity contribution in [3.05, 3.63) is 35.4 Å². The van der Waals surface area contributed by atoms with Crippen molar-refractivity contribution in [3.8, 4) is 0 Å². The van der Waals surface area contributed by atoms with Crippen molar-refractivity contribution in [2.24, 2.45) is 0 Å². The van der Waals surface area contributed by atoms with Crippen LogP contribution in [0, 0.1) is 0 Å². The largest absolute Gasteiger partial charge is 0.480 e. The Morgan fingerprint density at radius 3 is 2.88 bits per heavy atom. The van der Waals surface area contributed by atoms with Gasteiger partial charge in [-0.25, -0.2) is 0 Å². The molecular weight excluding hydrogens is 214 g/mol. The molecule has 0 aromatic heterocycles. The predicted molar refractivity (Wildman–Crippen MR) is 67.0 cm³/mol. The standard InChI is InChI=1S/C14H19NO2/c1-10(14(16)17)15(2)13-9-5-7-11-6-3-4-8-12(11)13/h3-4,6,8,10,13H,5,7,9H2,1-2H3,(H,16,17). The third kappa shape index (κ3) is 2.34. The van der Waals surface area contributed by atoms with Gasteiger partial charge in [-0.2, -0.15) is 0 Å². The van der Waals surface area contributed by atoms with Gasteiger partial charge in [0.2, 0.25) is 0 Å². The zero-order valence-corrected chi connectivity index (χ0v) is 10.4. The lowest BCUT2D eigenvalue weighted by Gasteiger charge is -2.35. The third-order valence-corrected chi connectivity index (χ3v) is 3.80. The lowest BCUT2D eigenvalue weighted by molar-refractivity contribution is -0.143. The van der Waals surface area contributed by atoms with Crippen molar-refractivity contribution >= 4 is 5.97 Å². The van der Waals surface area contributed by atoms with Crippen LogP contribution in [0.5, 0.6) is 0 Å². The molecule has 0 aliphatic heterocycles. The Bertz CT molecular complexity index is 416. The van der Waals surface area contributed by atoms with Crippen LogP contribution in [0.15, 0.2) is 24.3 Å². The molecule has 0 saturated carbocycles. The van der Waals surface area contributed by atoms with Crippen molar-refractivity contribution in [3.63, 3.8) is 0 Å². The number of likely N-dealkylation sites (N-methyl/N-ethyl adjacent to an activating group) is 1. The van der Waals surface area contributed by atoms with Gasteiger partial charge in [0.15, 0.2) is 0 Å². The van der Waals surface area contributed by atoms with E-state index in [0.29, 0.717) is 0 Å². The molecule has 3 heteroatoms. The molecule has 0 spiro atoms. The van der Waals surface area contributed by atoms with Gasteiger partial charge in [0.1, 0.15) is 6.04 Å². The first-order valence-electron chi connectivity index (χ1n) is 6.14. The van der Waals surface area contributed by atoms with Gasteiger partial charge in [-0.3, -0.25) is 9.69 Å². The monoisotopic (exact) mass is 233 g/mol. The van der Waals surface area contributed by atoms with Gasteiger partial charge in [0.25, 0.3) is 0 Å². The summed E-state index contributed by atoms with van der Waals surface area (Å²) in [6, 6.07) is 8.18. The fourth-order valence-electron chi connectivity index (χ4n) is 2.60. The number of carbonyl (C=O) groups is 1. The summed E-state index contributed by atoms with van der Waals surface area (Å²) in [5.41, 5.74) is 2.67. The average molecular weight is 233 g/mol.